The van der Waals surface area contributed by atoms with Crippen LogP contribution < -0.4 is 11.1 Å². The summed E-state index contributed by atoms with van der Waals surface area (Å²) in [7, 11) is 0. The van der Waals surface area contributed by atoms with Crippen LogP contribution in [0.25, 0.3) is 0 Å². The molecule has 0 unspecified atom stereocenters. The lowest BCUT2D eigenvalue weighted by molar-refractivity contribution is -0.138. The van der Waals surface area contributed by atoms with Crippen molar-refractivity contribution in [3.05, 3.63) is 89.0 Å². The van der Waals surface area contributed by atoms with E-state index >= 15 is 0 Å². The number of hydrogen-bond donors (Lipinski definition) is 2. The molecule has 0 aliphatic rings. The van der Waals surface area contributed by atoms with Gasteiger partial charge >= 0.3 is 6.18 Å². The van der Waals surface area contributed by atoms with Crippen molar-refractivity contribution in [3.8, 4) is 6.07 Å². The van der Waals surface area contributed by atoms with Gasteiger partial charge in [0.15, 0.2) is 0 Å². The summed E-state index contributed by atoms with van der Waals surface area (Å²) in [5.41, 5.74) is 7.41. The molecule has 0 bridgehead atoms. The van der Waals surface area contributed by atoms with Crippen LogP contribution in [0.3, 0.4) is 0 Å². The van der Waals surface area contributed by atoms with Crippen LogP contribution in [-0.2, 0) is 30.5 Å². The normalized spacial score (nSPS) is 12.3. The smallest absolute Gasteiger partial charge is 0.330 e. The first-order chi connectivity index (χ1) is 16.3. The predicted octanol–water partition coefficient (Wildman–Crippen LogP) is 3.69. The molecule has 0 aliphatic heterocycles. The summed E-state index contributed by atoms with van der Waals surface area (Å²) in [6, 6.07) is 14.6. The fraction of sp³-hybridized carbons (Fsp3) is 0.320. The van der Waals surface area contributed by atoms with Crippen LogP contribution >= 0.6 is 0 Å². The molecule has 3 rings (SSSR count). The second kappa shape index (κ2) is 11.6. The second-order valence-corrected chi connectivity index (χ2v) is 8.02. The number of halogens is 3. The van der Waals surface area contributed by atoms with E-state index in [1.165, 1.54) is 12.1 Å². The number of Topliss-reactive ketones (excluding diaryl/α,β-unsaturated/α-hetero) is 1. The molecule has 1 aromatic heterocycles. The van der Waals surface area contributed by atoms with Crippen LogP contribution in [0.4, 0.5) is 13.2 Å². The van der Waals surface area contributed by atoms with Crippen LogP contribution in [0.2, 0.25) is 0 Å². The molecule has 6 nitrogen and oxygen atoms in total. The number of aromatic nitrogens is 2. The zero-order chi connectivity index (χ0) is 24.6. The van der Waals surface area contributed by atoms with Crippen LogP contribution in [0.5, 0.6) is 0 Å². The van der Waals surface area contributed by atoms with E-state index < -0.39 is 17.7 Å². The molecule has 1 heterocycles. The van der Waals surface area contributed by atoms with E-state index in [9.17, 15) is 18.0 Å². The van der Waals surface area contributed by atoms with E-state index in [0.29, 0.717) is 25.1 Å². The summed E-state index contributed by atoms with van der Waals surface area (Å²) in [5, 5.41) is 11.9. The number of rotatable bonds is 11. The maximum atomic E-state index is 13.2. The van der Waals surface area contributed by atoms with Gasteiger partial charge in [0.2, 0.25) is 0 Å². The third-order valence-corrected chi connectivity index (χ3v) is 5.59. The van der Waals surface area contributed by atoms with Gasteiger partial charge in [-0.25, -0.2) is 4.98 Å². The van der Waals surface area contributed by atoms with Gasteiger partial charge < -0.3 is 15.6 Å². The van der Waals surface area contributed by atoms with Gasteiger partial charge in [0.25, 0.3) is 0 Å². The van der Waals surface area contributed by atoms with E-state index in [1.54, 1.807) is 30.7 Å². The molecule has 0 radical (unpaired) electrons. The highest BCUT2D eigenvalue weighted by Crippen LogP contribution is 2.31. The number of carbonyl (C=O) groups excluding carboxylic acids is 1. The average Bonchev–Trinajstić information content (AvgIpc) is 3.25. The molecule has 9 heteroatoms. The Morgan fingerprint density at radius 1 is 1.18 bits per heavy atom. The van der Waals surface area contributed by atoms with Crippen molar-refractivity contribution in [3.63, 3.8) is 0 Å². The fourth-order valence-corrected chi connectivity index (χ4v) is 3.75. The highest BCUT2D eigenvalue weighted by Gasteiger charge is 2.32. The van der Waals surface area contributed by atoms with E-state index in [-0.39, 0.29) is 30.9 Å². The lowest BCUT2D eigenvalue weighted by Gasteiger charge is -2.18. The van der Waals surface area contributed by atoms with Gasteiger partial charge in [0.05, 0.1) is 23.5 Å². The lowest BCUT2D eigenvalue weighted by atomic mass is 9.96. The zero-order valence-corrected chi connectivity index (χ0v) is 18.6. The molecule has 3 N–H and O–H groups in total. The third-order valence-electron chi connectivity index (χ3n) is 5.59. The largest absolute Gasteiger partial charge is 0.416 e. The van der Waals surface area contributed by atoms with E-state index in [4.69, 9.17) is 11.0 Å². The highest BCUT2D eigenvalue weighted by molar-refractivity contribution is 5.83. The third kappa shape index (κ3) is 6.76. The number of carbonyl (C=O) groups is 1. The Hall–Kier alpha value is -3.48. The molecule has 0 saturated carbocycles. The van der Waals surface area contributed by atoms with E-state index in [1.807, 2.05) is 16.7 Å². The Morgan fingerprint density at radius 3 is 2.59 bits per heavy atom. The number of nitrogens with zero attached hydrogens (tertiary/aromatic N) is 3. The van der Waals surface area contributed by atoms with Crippen LogP contribution in [0.1, 0.15) is 34.4 Å². The SMILES string of the molecule is N#Cc1ccc(Cn2cncc2CC(=O)[C@@H](CCN)CNCc2ccccc2C(F)(F)F)cc1. The maximum Gasteiger partial charge on any atom is 0.416 e. The Morgan fingerprint density at radius 2 is 1.91 bits per heavy atom. The van der Waals surface area contributed by atoms with Crippen molar-refractivity contribution in [1.29, 1.82) is 5.26 Å². The van der Waals surface area contributed by atoms with Gasteiger partial charge in [-0.05, 0) is 42.3 Å². The summed E-state index contributed by atoms with van der Waals surface area (Å²) >= 11 is 0. The second-order valence-electron chi connectivity index (χ2n) is 8.02. The topological polar surface area (TPSA) is 96.7 Å². The summed E-state index contributed by atoms with van der Waals surface area (Å²) < 4.78 is 41.5. The molecule has 1 atom stereocenters. The van der Waals surface area contributed by atoms with Gasteiger partial charge in [-0.15, -0.1) is 0 Å². The molecule has 34 heavy (non-hydrogen) atoms. The molecule has 3 aromatic rings. The van der Waals surface area contributed by atoms with Crippen molar-refractivity contribution in [1.82, 2.24) is 14.9 Å². The maximum absolute atomic E-state index is 13.2. The van der Waals surface area contributed by atoms with Gasteiger partial charge in [-0.2, -0.15) is 18.4 Å². The fourth-order valence-electron chi connectivity index (χ4n) is 3.75. The van der Waals surface area contributed by atoms with E-state index in [0.717, 1.165) is 17.3 Å². The first kappa shape index (κ1) is 25.1. The van der Waals surface area contributed by atoms with E-state index in [2.05, 4.69) is 16.4 Å². The lowest BCUT2D eigenvalue weighted by Crippen LogP contribution is -2.32. The minimum atomic E-state index is -4.43. The Kier molecular flexibility index (Phi) is 8.57. The van der Waals surface area contributed by atoms with Crippen molar-refractivity contribution < 1.29 is 18.0 Å². The number of nitriles is 1. The summed E-state index contributed by atoms with van der Waals surface area (Å²) in [4.78, 5) is 17.2. The van der Waals surface area contributed by atoms with Crippen LogP contribution in [-0.4, -0.2) is 28.4 Å². The van der Waals surface area contributed by atoms with Crippen molar-refractivity contribution >= 4 is 5.78 Å². The van der Waals surface area contributed by atoms with Gasteiger partial charge in [-0.1, -0.05) is 30.3 Å². The van der Waals surface area contributed by atoms with Gasteiger partial charge in [0, 0.05) is 43.9 Å². The summed E-state index contributed by atoms with van der Waals surface area (Å²) in [5.74, 6) is -0.482. The first-order valence-corrected chi connectivity index (χ1v) is 10.9. The number of benzene rings is 2. The molecular weight excluding hydrogens is 443 g/mol. The molecule has 0 amide bonds. The standard InChI is InChI=1S/C25H26F3N5O/c26-25(27,28)23-4-2-1-3-20(23)13-31-14-21(9-10-29)24(34)11-22-15-32-17-33(22)16-19-7-5-18(12-30)6-8-19/h1-8,15,17,21,31H,9-11,13-14,16,29H2/t21-/m0/s1. The number of imidazole rings is 1. The Labute approximate surface area is 196 Å². The molecule has 0 fully saturated rings. The zero-order valence-electron chi connectivity index (χ0n) is 18.6. The minimum Gasteiger partial charge on any atom is -0.330 e. The molecular formula is C25H26F3N5O. The molecule has 2 aromatic carbocycles. The molecule has 0 aliphatic carbocycles. The molecule has 0 spiro atoms. The molecule has 178 valence electrons. The number of alkyl halides is 3. The summed E-state index contributed by atoms with van der Waals surface area (Å²) in [6.45, 7) is 1.02. The number of nitrogens with one attached hydrogen (secondary N) is 1. The quantitative estimate of drug-likeness (QED) is 0.447. The number of hydrogen-bond acceptors (Lipinski definition) is 5. The monoisotopic (exact) mass is 469 g/mol. The Balaban J connectivity index is 1.62. The number of ketones is 1. The van der Waals surface area contributed by atoms with Crippen molar-refractivity contribution in [2.45, 2.75) is 32.1 Å². The van der Waals surface area contributed by atoms with Crippen LogP contribution in [0.15, 0.2) is 61.1 Å². The highest BCUT2D eigenvalue weighted by atomic mass is 19.4. The first-order valence-electron chi connectivity index (χ1n) is 10.9. The van der Waals surface area contributed by atoms with Crippen molar-refractivity contribution in [2.75, 3.05) is 13.1 Å². The summed E-state index contributed by atoms with van der Waals surface area (Å²) in [6.07, 6.45) is -0.588. The number of nitrogens with two attached hydrogens (primary N) is 1. The minimum absolute atomic E-state index is 0.000655. The van der Waals surface area contributed by atoms with Gasteiger partial charge in [-0.3, -0.25) is 4.79 Å². The molecule has 0 saturated heterocycles. The van der Waals surface area contributed by atoms with Crippen LogP contribution in [0, 0.1) is 17.2 Å². The average molecular weight is 470 g/mol. The predicted molar refractivity (Wildman–Crippen MR) is 122 cm³/mol. The van der Waals surface area contributed by atoms with Gasteiger partial charge in [0.1, 0.15) is 5.78 Å². The van der Waals surface area contributed by atoms with Crippen molar-refractivity contribution in [2.24, 2.45) is 11.7 Å². The Bertz CT molecular complexity index is 1130.